The molecule has 3 rings (SSSR count). The van der Waals surface area contributed by atoms with E-state index in [-0.39, 0.29) is 31.0 Å². The highest BCUT2D eigenvalue weighted by Crippen LogP contribution is 2.19. The Bertz CT molecular complexity index is 515. The van der Waals surface area contributed by atoms with Gasteiger partial charge in [0.05, 0.1) is 38.4 Å². The molecule has 1 aliphatic carbocycles. The monoisotopic (exact) mass is 367 g/mol. The minimum absolute atomic E-state index is 0.0185. The van der Waals surface area contributed by atoms with E-state index >= 15 is 0 Å². The smallest absolute Gasteiger partial charge is 0.315 e. The molecule has 3 amide bonds. The Morgan fingerprint density at radius 2 is 1.85 bits per heavy atom. The molecule has 0 aromatic heterocycles. The van der Waals surface area contributed by atoms with E-state index in [1.807, 2.05) is 6.08 Å². The Kier molecular flexibility index (Phi) is 6.87. The van der Waals surface area contributed by atoms with Crippen molar-refractivity contribution in [3.63, 3.8) is 0 Å². The largest absolute Gasteiger partial charge is 0.394 e. The van der Waals surface area contributed by atoms with Crippen LogP contribution < -0.4 is 10.6 Å². The number of hydrogen-bond acceptors (Lipinski definition) is 5. The molecule has 8 heteroatoms. The van der Waals surface area contributed by atoms with Crippen molar-refractivity contribution in [2.75, 3.05) is 32.9 Å². The Labute approximate surface area is 153 Å². The highest BCUT2D eigenvalue weighted by atomic mass is 16.5. The molecule has 3 N–H and O–H groups in total. The van der Waals surface area contributed by atoms with Crippen molar-refractivity contribution >= 4 is 11.9 Å². The summed E-state index contributed by atoms with van der Waals surface area (Å²) in [7, 11) is 0. The molecule has 0 spiro atoms. The summed E-state index contributed by atoms with van der Waals surface area (Å²) in [6.07, 6.45) is 7.22. The molecule has 26 heavy (non-hydrogen) atoms. The Morgan fingerprint density at radius 3 is 2.54 bits per heavy atom. The summed E-state index contributed by atoms with van der Waals surface area (Å²) in [5.74, 6) is 0.0185. The van der Waals surface area contributed by atoms with Crippen LogP contribution in [0.2, 0.25) is 0 Å². The molecule has 146 valence electrons. The van der Waals surface area contributed by atoms with Crippen molar-refractivity contribution in [1.29, 1.82) is 0 Å². The van der Waals surface area contributed by atoms with Gasteiger partial charge < -0.3 is 30.1 Å². The Balaban J connectivity index is 1.49. The van der Waals surface area contributed by atoms with E-state index in [0.717, 1.165) is 25.7 Å². The predicted octanol–water partition coefficient (Wildman–Crippen LogP) is 0.162. The van der Waals surface area contributed by atoms with E-state index in [9.17, 15) is 14.7 Å². The second-order valence-electron chi connectivity index (χ2n) is 7.10. The first-order valence-electron chi connectivity index (χ1n) is 9.53. The maximum Gasteiger partial charge on any atom is 0.315 e. The van der Waals surface area contributed by atoms with Crippen LogP contribution in [0.4, 0.5) is 4.79 Å². The van der Waals surface area contributed by atoms with Crippen molar-refractivity contribution in [3.8, 4) is 0 Å². The molecule has 0 aromatic carbocycles. The maximum absolute atomic E-state index is 12.3. The minimum Gasteiger partial charge on any atom is -0.394 e. The lowest BCUT2D eigenvalue weighted by atomic mass is 10.0. The number of carbonyl (C=O) groups is 2. The number of aliphatic hydroxyl groups is 1. The molecule has 0 unspecified atom stereocenters. The zero-order valence-electron chi connectivity index (χ0n) is 15.1. The number of nitrogens with zero attached hydrogens (tertiary/aromatic N) is 1. The summed E-state index contributed by atoms with van der Waals surface area (Å²) in [5, 5.41) is 15.4. The fraction of sp³-hybridized carbons (Fsp3) is 0.778. The van der Waals surface area contributed by atoms with Gasteiger partial charge in [-0.05, 0) is 12.8 Å². The summed E-state index contributed by atoms with van der Waals surface area (Å²) in [6, 6.07) is -0.414. The lowest BCUT2D eigenvalue weighted by Gasteiger charge is -2.33. The summed E-state index contributed by atoms with van der Waals surface area (Å²) in [5.41, 5.74) is 0. The molecule has 2 aliphatic heterocycles. The molecule has 2 fully saturated rings. The molecule has 1 saturated heterocycles. The standard InChI is InChI=1S/C18H29N3O5/c22-12-16-15(20-18(24)19-13-3-1-2-4-13)6-5-14(26-16)11-17(23)21-7-9-25-10-8-21/h5-6,13-16,22H,1-4,7-12H2,(H2,19,20,24)/t14-,15-,16+/m1/s1. The topological polar surface area (TPSA) is 100 Å². The molecular formula is C18H29N3O5. The zero-order valence-corrected chi connectivity index (χ0v) is 15.1. The molecule has 2 heterocycles. The summed E-state index contributed by atoms with van der Waals surface area (Å²) < 4.78 is 11.1. The van der Waals surface area contributed by atoms with Crippen LogP contribution >= 0.6 is 0 Å². The first-order valence-corrected chi connectivity index (χ1v) is 9.53. The molecule has 1 saturated carbocycles. The van der Waals surface area contributed by atoms with Crippen molar-refractivity contribution in [1.82, 2.24) is 15.5 Å². The van der Waals surface area contributed by atoms with Gasteiger partial charge in [0, 0.05) is 19.1 Å². The molecular weight excluding hydrogens is 338 g/mol. The second-order valence-corrected chi connectivity index (χ2v) is 7.10. The van der Waals surface area contributed by atoms with Crippen LogP contribution in [0, 0.1) is 0 Å². The molecule has 0 bridgehead atoms. The molecule has 3 aliphatic rings. The fourth-order valence-corrected chi connectivity index (χ4v) is 3.70. The van der Waals surface area contributed by atoms with E-state index in [2.05, 4.69) is 10.6 Å². The first kappa shape index (κ1) is 19.1. The third-order valence-electron chi connectivity index (χ3n) is 5.19. The van der Waals surface area contributed by atoms with Crippen molar-refractivity contribution in [2.45, 2.75) is 56.4 Å². The lowest BCUT2D eigenvalue weighted by molar-refractivity contribution is -0.139. The summed E-state index contributed by atoms with van der Waals surface area (Å²) in [6.45, 7) is 2.11. The van der Waals surface area contributed by atoms with Gasteiger partial charge in [-0.15, -0.1) is 0 Å². The normalized spacial score (nSPS) is 29.6. The third kappa shape index (κ3) is 5.18. The maximum atomic E-state index is 12.3. The van der Waals surface area contributed by atoms with Gasteiger partial charge in [0.15, 0.2) is 0 Å². The van der Waals surface area contributed by atoms with Crippen LogP contribution in [0.25, 0.3) is 0 Å². The van der Waals surface area contributed by atoms with Crippen LogP contribution in [0.3, 0.4) is 0 Å². The third-order valence-corrected chi connectivity index (χ3v) is 5.19. The van der Waals surface area contributed by atoms with Crippen LogP contribution in [-0.2, 0) is 14.3 Å². The van der Waals surface area contributed by atoms with Gasteiger partial charge in [-0.1, -0.05) is 25.0 Å². The Hall–Kier alpha value is -1.64. The van der Waals surface area contributed by atoms with Crippen molar-refractivity contribution < 1.29 is 24.2 Å². The quantitative estimate of drug-likeness (QED) is 0.601. The highest BCUT2D eigenvalue weighted by molar-refractivity contribution is 5.77. The van der Waals surface area contributed by atoms with E-state index in [4.69, 9.17) is 9.47 Å². The Morgan fingerprint density at radius 1 is 1.12 bits per heavy atom. The minimum atomic E-state index is -0.559. The lowest BCUT2D eigenvalue weighted by Crippen LogP contribution is -2.53. The fourth-order valence-electron chi connectivity index (χ4n) is 3.70. The summed E-state index contributed by atoms with van der Waals surface area (Å²) >= 11 is 0. The summed E-state index contributed by atoms with van der Waals surface area (Å²) in [4.78, 5) is 26.2. The van der Waals surface area contributed by atoms with E-state index in [0.29, 0.717) is 26.3 Å². The zero-order chi connectivity index (χ0) is 18.4. The molecule has 0 aromatic rings. The van der Waals surface area contributed by atoms with E-state index in [1.165, 1.54) is 0 Å². The molecule has 3 atom stereocenters. The average molecular weight is 367 g/mol. The highest BCUT2D eigenvalue weighted by Gasteiger charge is 2.30. The SMILES string of the molecule is O=C(NC1CCCC1)N[C@@H]1C=C[C@H](CC(=O)N2CCOCC2)O[C@H]1CO. The number of aliphatic hydroxyl groups excluding tert-OH is 1. The van der Waals surface area contributed by atoms with Crippen LogP contribution in [0.15, 0.2) is 12.2 Å². The van der Waals surface area contributed by atoms with Crippen LogP contribution in [0.5, 0.6) is 0 Å². The first-order chi connectivity index (χ1) is 12.7. The van der Waals surface area contributed by atoms with Gasteiger partial charge in [-0.3, -0.25) is 4.79 Å². The van der Waals surface area contributed by atoms with Gasteiger partial charge in [0.1, 0.15) is 6.10 Å². The number of carbonyl (C=O) groups excluding carboxylic acids is 2. The second kappa shape index (κ2) is 9.34. The molecule has 0 radical (unpaired) electrons. The van der Waals surface area contributed by atoms with E-state index in [1.54, 1.807) is 11.0 Å². The van der Waals surface area contributed by atoms with Crippen molar-refractivity contribution in [3.05, 3.63) is 12.2 Å². The van der Waals surface area contributed by atoms with Gasteiger partial charge in [0.2, 0.25) is 5.91 Å². The average Bonchev–Trinajstić information content (AvgIpc) is 3.16. The number of nitrogens with one attached hydrogen (secondary N) is 2. The van der Waals surface area contributed by atoms with E-state index < -0.39 is 18.2 Å². The number of hydrogen-bond donors (Lipinski definition) is 3. The van der Waals surface area contributed by atoms with Gasteiger partial charge >= 0.3 is 6.03 Å². The van der Waals surface area contributed by atoms with Crippen LogP contribution in [-0.4, -0.2) is 79.1 Å². The number of amides is 3. The van der Waals surface area contributed by atoms with Crippen LogP contribution in [0.1, 0.15) is 32.1 Å². The number of urea groups is 1. The van der Waals surface area contributed by atoms with Crippen molar-refractivity contribution in [2.24, 2.45) is 0 Å². The van der Waals surface area contributed by atoms with Gasteiger partial charge in [0.25, 0.3) is 0 Å². The number of ether oxygens (including phenoxy) is 2. The number of morpholine rings is 1. The van der Waals surface area contributed by atoms with Gasteiger partial charge in [-0.25, -0.2) is 4.79 Å². The predicted molar refractivity (Wildman–Crippen MR) is 94.6 cm³/mol. The van der Waals surface area contributed by atoms with Gasteiger partial charge in [-0.2, -0.15) is 0 Å². The number of rotatable bonds is 5. The molecule has 8 nitrogen and oxygen atoms in total.